The SMILES string of the molecule is c1ccc(-c2ccnc(-c3cccc4c3sc3cc5c6ccccc6c6ccccc6c5cc34)n2)cc1. The van der Waals surface area contributed by atoms with Gasteiger partial charge in [0.15, 0.2) is 5.82 Å². The number of thiophene rings is 1. The summed E-state index contributed by atoms with van der Waals surface area (Å²) >= 11 is 1.83. The Morgan fingerprint density at radius 3 is 1.84 bits per heavy atom. The first-order valence-corrected chi connectivity index (χ1v) is 13.2. The van der Waals surface area contributed by atoms with Gasteiger partial charge >= 0.3 is 0 Å². The molecule has 0 amide bonds. The summed E-state index contributed by atoms with van der Waals surface area (Å²) in [4.78, 5) is 9.65. The minimum Gasteiger partial charge on any atom is -0.236 e. The molecule has 172 valence electrons. The number of hydrogen-bond donors (Lipinski definition) is 0. The van der Waals surface area contributed by atoms with Crippen LogP contribution in [0.2, 0.25) is 0 Å². The summed E-state index contributed by atoms with van der Waals surface area (Å²) in [6, 6.07) is 41.1. The van der Waals surface area contributed by atoms with E-state index >= 15 is 0 Å². The van der Waals surface area contributed by atoms with Gasteiger partial charge in [-0.3, -0.25) is 0 Å². The average Bonchev–Trinajstić information content (AvgIpc) is 3.35. The zero-order valence-electron chi connectivity index (χ0n) is 19.8. The van der Waals surface area contributed by atoms with Crippen LogP contribution in [0.25, 0.3) is 75.1 Å². The lowest BCUT2D eigenvalue weighted by atomic mass is 9.93. The van der Waals surface area contributed by atoms with Crippen LogP contribution < -0.4 is 0 Å². The van der Waals surface area contributed by atoms with Gasteiger partial charge in [-0.05, 0) is 56.6 Å². The molecule has 0 saturated heterocycles. The van der Waals surface area contributed by atoms with Crippen LogP contribution in [-0.2, 0) is 0 Å². The highest BCUT2D eigenvalue weighted by Gasteiger charge is 2.16. The van der Waals surface area contributed by atoms with E-state index in [1.807, 2.05) is 41.8 Å². The Balaban J connectivity index is 1.43. The molecular formula is C34H20N2S. The van der Waals surface area contributed by atoms with Crippen molar-refractivity contribution in [1.82, 2.24) is 9.97 Å². The molecule has 0 aliphatic heterocycles. The van der Waals surface area contributed by atoms with Gasteiger partial charge in [-0.25, -0.2) is 9.97 Å². The quantitative estimate of drug-likeness (QED) is 0.226. The maximum atomic E-state index is 4.97. The van der Waals surface area contributed by atoms with E-state index in [9.17, 15) is 0 Å². The van der Waals surface area contributed by atoms with Gasteiger partial charge in [0, 0.05) is 37.5 Å². The number of benzene rings is 6. The molecule has 0 aliphatic carbocycles. The minimum absolute atomic E-state index is 0.763. The molecule has 0 spiro atoms. The summed E-state index contributed by atoms with van der Waals surface area (Å²) < 4.78 is 2.52. The molecule has 8 aromatic rings. The Hall–Kier alpha value is -4.60. The van der Waals surface area contributed by atoms with Gasteiger partial charge in [-0.1, -0.05) is 91.0 Å². The second-order valence-corrected chi connectivity index (χ2v) is 10.5. The smallest absolute Gasteiger partial charge is 0.161 e. The molecule has 0 unspecified atom stereocenters. The lowest BCUT2D eigenvalue weighted by molar-refractivity contribution is 1.18. The third-order valence-corrected chi connectivity index (χ3v) is 8.53. The first-order chi connectivity index (χ1) is 18.3. The first kappa shape index (κ1) is 20.6. The standard InChI is InChI=1S/C34H20N2S/c1-2-9-21(10-3-1)31-17-18-35-34(36-31)27-16-8-15-26-30-19-28-24-13-6-4-11-22(24)23-12-5-7-14-25(23)29(28)20-32(30)37-33(26)27/h1-20H. The molecule has 0 atom stereocenters. The summed E-state index contributed by atoms with van der Waals surface area (Å²) in [5.74, 6) is 0.763. The summed E-state index contributed by atoms with van der Waals surface area (Å²) in [5.41, 5.74) is 3.11. The van der Waals surface area contributed by atoms with Crippen LogP contribution in [0.5, 0.6) is 0 Å². The van der Waals surface area contributed by atoms with Gasteiger partial charge in [0.1, 0.15) is 0 Å². The summed E-state index contributed by atoms with van der Waals surface area (Å²) in [7, 11) is 0. The normalized spacial score (nSPS) is 11.8. The number of aromatic nitrogens is 2. The highest BCUT2D eigenvalue weighted by molar-refractivity contribution is 7.26. The third-order valence-electron chi connectivity index (χ3n) is 7.33. The lowest BCUT2D eigenvalue weighted by Crippen LogP contribution is -1.91. The van der Waals surface area contributed by atoms with Crippen molar-refractivity contribution in [3.63, 3.8) is 0 Å². The van der Waals surface area contributed by atoms with Gasteiger partial charge in [-0.15, -0.1) is 11.3 Å². The highest BCUT2D eigenvalue weighted by Crippen LogP contribution is 2.44. The van der Waals surface area contributed by atoms with Crippen LogP contribution in [0.3, 0.4) is 0 Å². The van der Waals surface area contributed by atoms with Crippen LogP contribution in [0.4, 0.5) is 0 Å². The average molecular weight is 489 g/mol. The second kappa shape index (κ2) is 7.95. The molecule has 2 nitrogen and oxygen atoms in total. The van der Waals surface area contributed by atoms with Gasteiger partial charge in [0.05, 0.1) is 5.69 Å². The molecular weight excluding hydrogens is 468 g/mol. The zero-order valence-corrected chi connectivity index (χ0v) is 20.7. The van der Waals surface area contributed by atoms with Gasteiger partial charge < -0.3 is 0 Å². The van der Waals surface area contributed by atoms with Crippen molar-refractivity contribution in [3.05, 3.63) is 121 Å². The van der Waals surface area contributed by atoms with Crippen molar-refractivity contribution >= 4 is 63.8 Å². The predicted molar refractivity (Wildman–Crippen MR) is 158 cm³/mol. The van der Waals surface area contributed by atoms with Gasteiger partial charge in [0.2, 0.25) is 0 Å². The maximum Gasteiger partial charge on any atom is 0.161 e. The summed E-state index contributed by atoms with van der Waals surface area (Å²) in [5, 5.41) is 10.3. The second-order valence-electron chi connectivity index (χ2n) is 9.40. The molecule has 37 heavy (non-hydrogen) atoms. The number of nitrogens with zero attached hydrogens (tertiary/aromatic N) is 2. The lowest BCUT2D eigenvalue weighted by Gasteiger charge is -2.10. The first-order valence-electron chi connectivity index (χ1n) is 12.4. The van der Waals surface area contributed by atoms with Crippen LogP contribution in [-0.4, -0.2) is 9.97 Å². The number of hydrogen-bond acceptors (Lipinski definition) is 3. The van der Waals surface area contributed by atoms with E-state index < -0.39 is 0 Å². The molecule has 0 bridgehead atoms. The van der Waals surface area contributed by atoms with Crippen LogP contribution in [0.15, 0.2) is 121 Å². The molecule has 2 heterocycles. The molecule has 0 N–H and O–H groups in total. The zero-order chi connectivity index (χ0) is 24.3. The third kappa shape index (κ3) is 3.11. The molecule has 6 aromatic carbocycles. The monoisotopic (exact) mass is 488 g/mol. The van der Waals surface area contributed by atoms with Crippen LogP contribution in [0, 0.1) is 0 Å². The van der Waals surface area contributed by atoms with Crippen molar-refractivity contribution in [2.24, 2.45) is 0 Å². The number of fused-ring (bicyclic) bond motifs is 9. The molecule has 0 saturated carbocycles. The number of rotatable bonds is 2. The predicted octanol–water partition coefficient (Wildman–Crippen LogP) is 9.64. The van der Waals surface area contributed by atoms with Crippen LogP contribution in [0.1, 0.15) is 0 Å². The largest absolute Gasteiger partial charge is 0.236 e. The van der Waals surface area contributed by atoms with E-state index in [0.717, 1.165) is 22.6 Å². The van der Waals surface area contributed by atoms with E-state index in [-0.39, 0.29) is 0 Å². The minimum atomic E-state index is 0.763. The van der Waals surface area contributed by atoms with E-state index in [1.54, 1.807) is 0 Å². The molecule has 3 heteroatoms. The van der Waals surface area contributed by atoms with Crippen molar-refractivity contribution < 1.29 is 0 Å². The van der Waals surface area contributed by atoms with Crippen LogP contribution >= 0.6 is 11.3 Å². The van der Waals surface area contributed by atoms with Crippen molar-refractivity contribution in [2.45, 2.75) is 0 Å². The highest BCUT2D eigenvalue weighted by atomic mass is 32.1. The fourth-order valence-electron chi connectivity index (χ4n) is 5.63. The van der Waals surface area contributed by atoms with Crippen molar-refractivity contribution in [2.75, 3.05) is 0 Å². The fraction of sp³-hybridized carbons (Fsp3) is 0. The van der Waals surface area contributed by atoms with Crippen molar-refractivity contribution in [1.29, 1.82) is 0 Å². The van der Waals surface area contributed by atoms with Crippen molar-refractivity contribution in [3.8, 4) is 22.6 Å². The summed E-state index contributed by atoms with van der Waals surface area (Å²) in [6.07, 6.45) is 1.86. The molecule has 0 aliphatic rings. The fourth-order valence-corrected chi connectivity index (χ4v) is 6.86. The maximum absolute atomic E-state index is 4.97. The Morgan fingerprint density at radius 2 is 1.11 bits per heavy atom. The van der Waals surface area contributed by atoms with E-state index in [2.05, 4.69) is 96.0 Å². The molecule has 0 fully saturated rings. The van der Waals surface area contributed by atoms with E-state index in [1.165, 1.54) is 52.5 Å². The van der Waals surface area contributed by atoms with Gasteiger partial charge in [-0.2, -0.15) is 0 Å². The van der Waals surface area contributed by atoms with E-state index in [0.29, 0.717) is 0 Å². The molecule has 0 radical (unpaired) electrons. The molecule has 2 aromatic heterocycles. The molecule has 8 rings (SSSR count). The van der Waals surface area contributed by atoms with Gasteiger partial charge in [0.25, 0.3) is 0 Å². The van der Waals surface area contributed by atoms with E-state index in [4.69, 9.17) is 4.98 Å². The Kier molecular flexibility index (Phi) is 4.42. The Morgan fingerprint density at radius 1 is 0.486 bits per heavy atom. The Labute approximate surface area is 217 Å². The Bertz CT molecular complexity index is 2140. The topological polar surface area (TPSA) is 25.8 Å². The summed E-state index contributed by atoms with van der Waals surface area (Å²) in [6.45, 7) is 0.